The number of esters is 1. The van der Waals surface area contributed by atoms with Gasteiger partial charge in [0.1, 0.15) is 19.2 Å². The summed E-state index contributed by atoms with van der Waals surface area (Å²) in [5, 5.41) is 0. The molecule has 0 bridgehead atoms. The van der Waals surface area contributed by atoms with E-state index >= 15 is 0 Å². The maximum atomic E-state index is 11.5. The number of nitrogens with one attached hydrogen (secondary N) is 1. The largest absolute Gasteiger partial charge is 0.454 e. The summed E-state index contributed by atoms with van der Waals surface area (Å²) in [5.41, 5.74) is 0. The molecule has 1 saturated heterocycles. The van der Waals surface area contributed by atoms with E-state index in [4.69, 9.17) is 9.47 Å². The summed E-state index contributed by atoms with van der Waals surface area (Å²) in [6, 6.07) is 0. The molecule has 84 valence electrons. The van der Waals surface area contributed by atoms with Crippen LogP contribution in [-0.2, 0) is 14.3 Å². The first-order valence-electron chi connectivity index (χ1n) is 5.62. The van der Waals surface area contributed by atoms with E-state index in [0.29, 0.717) is 6.54 Å². The number of ether oxygens (including phenoxy) is 2. The molecule has 1 unspecified atom stereocenters. The van der Waals surface area contributed by atoms with E-state index in [1.807, 2.05) is 6.08 Å². The molecule has 1 heterocycles. The van der Waals surface area contributed by atoms with Gasteiger partial charge < -0.3 is 14.4 Å². The van der Waals surface area contributed by atoms with E-state index < -0.39 is 0 Å². The zero-order valence-corrected chi connectivity index (χ0v) is 8.91. The fourth-order valence-corrected chi connectivity index (χ4v) is 1.95. The summed E-state index contributed by atoms with van der Waals surface area (Å²) in [5.74, 6) is -0.0801. The number of carbonyl (C=O) groups is 1. The van der Waals surface area contributed by atoms with Gasteiger partial charge >= 0.3 is 5.97 Å². The smallest absolute Gasteiger partial charge is 0.362 e. The van der Waals surface area contributed by atoms with Gasteiger partial charge in [-0.1, -0.05) is 6.08 Å². The Morgan fingerprint density at radius 3 is 2.93 bits per heavy atom. The van der Waals surface area contributed by atoms with Crippen LogP contribution in [0.25, 0.3) is 0 Å². The highest BCUT2D eigenvalue weighted by atomic mass is 16.5. The minimum Gasteiger partial charge on any atom is -0.454 e. The van der Waals surface area contributed by atoms with Gasteiger partial charge in [-0.05, 0) is 18.9 Å². The quantitative estimate of drug-likeness (QED) is 0.490. The van der Waals surface area contributed by atoms with Crippen molar-refractivity contribution in [3.05, 3.63) is 12.2 Å². The monoisotopic (exact) mass is 212 g/mol. The molecule has 0 amide bonds. The number of hydrogen-bond acceptors (Lipinski definition) is 3. The second-order valence-electron chi connectivity index (χ2n) is 4.07. The normalized spacial score (nSPS) is 26.8. The fraction of sp³-hybridized carbons (Fsp3) is 0.727. The SMILES string of the molecule is O=C(C[NH+]1CCOCC1)OC1C=CCC1. The van der Waals surface area contributed by atoms with Crippen LogP contribution in [0.3, 0.4) is 0 Å². The van der Waals surface area contributed by atoms with E-state index in [1.54, 1.807) is 0 Å². The van der Waals surface area contributed by atoms with Crippen LogP contribution in [0.4, 0.5) is 0 Å². The van der Waals surface area contributed by atoms with Crippen molar-refractivity contribution in [2.75, 3.05) is 32.8 Å². The molecule has 15 heavy (non-hydrogen) atoms. The summed E-state index contributed by atoms with van der Waals surface area (Å²) in [6.45, 7) is 3.82. The van der Waals surface area contributed by atoms with Gasteiger partial charge in [0.25, 0.3) is 0 Å². The summed E-state index contributed by atoms with van der Waals surface area (Å²) >= 11 is 0. The first kappa shape index (κ1) is 10.6. The van der Waals surface area contributed by atoms with Crippen molar-refractivity contribution in [2.45, 2.75) is 18.9 Å². The van der Waals surface area contributed by atoms with Crippen LogP contribution in [0.2, 0.25) is 0 Å². The number of allylic oxidation sites excluding steroid dienone is 1. The Kier molecular flexibility index (Phi) is 3.75. The molecule has 1 fully saturated rings. The Hall–Kier alpha value is -0.870. The van der Waals surface area contributed by atoms with Crippen LogP contribution in [0, 0.1) is 0 Å². The molecule has 0 aromatic heterocycles. The third kappa shape index (κ3) is 3.32. The minimum atomic E-state index is -0.0801. The molecular formula is C11H18NO3+. The lowest BCUT2D eigenvalue weighted by molar-refractivity contribution is -0.900. The number of morpholine rings is 1. The van der Waals surface area contributed by atoms with Gasteiger partial charge in [-0.25, -0.2) is 4.79 Å². The molecule has 1 atom stereocenters. The van der Waals surface area contributed by atoms with E-state index in [0.717, 1.165) is 39.1 Å². The predicted octanol–water partition coefficient (Wildman–Crippen LogP) is -0.837. The first-order chi connectivity index (χ1) is 7.34. The van der Waals surface area contributed by atoms with Gasteiger partial charge in [0.2, 0.25) is 0 Å². The molecule has 4 heteroatoms. The molecule has 1 aliphatic carbocycles. The molecule has 0 saturated carbocycles. The third-order valence-electron chi connectivity index (χ3n) is 2.85. The lowest BCUT2D eigenvalue weighted by Crippen LogP contribution is -3.15. The van der Waals surface area contributed by atoms with E-state index in [9.17, 15) is 4.79 Å². The Morgan fingerprint density at radius 1 is 1.47 bits per heavy atom. The Labute approximate surface area is 89.8 Å². The second kappa shape index (κ2) is 5.28. The van der Waals surface area contributed by atoms with Crippen molar-refractivity contribution in [3.8, 4) is 0 Å². The molecule has 0 spiro atoms. The summed E-state index contributed by atoms with van der Waals surface area (Å²) in [4.78, 5) is 12.8. The fourth-order valence-electron chi connectivity index (χ4n) is 1.95. The molecule has 2 rings (SSSR count). The van der Waals surface area contributed by atoms with E-state index in [1.165, 1.54) is 4.90 Å². The highest BCUT2D eigenvalue weighted by Gasteiger charge is 2.21. The molecular weight excluding hydrogens is 194 g/mol. The van der Waals surface area contributed by atoms with Gasteiger partial charge in [-0.2, -0.15) is 0 Å². The first-order valence-corrected chi connectivity index (χ1v) is 5.62. The zero-order chi connectivity index (χ0) is 10.5. The second-order valence-corrected chi connectivity index (χ2v) is 4.07. The Balaban J connectivity index is 1.69. The van der Waals surface area contributed by atoms with Crippen LogP contribution in [-0.4, -0.2) is 44.9 Å². The molecule has 0 radical (unpaired) electrons. The highest BCUT2D eigenvalue weighted by Crippen LogP contribution is 2.12. The van der Waals surface area contributed by atoms with Crippen LogP contribution in [0.5, 0.6) is 0 Å². The van der Waals surface area contributed by atoms with Crippen LogP contribution < -0.4 is 4.90 Å². The van der Waals surface area contributed by atoms with Crippen molar-refractivity contribution in [1.82, 2.24) is 0 Å². The van der Waals surface area contributed by atoms with Gasteiger partial charge in [0, 0.05) is 0 Å². The number of hydrogen-bond donors (Lipinski definition) is 1. The van der Waals surface area contributed by atoms with Crippen molar-refractivity contribution in [1.29, 1.82) is 0 Å². The number of carbonyl (C=O) groups excluding carboxylic acids is 1. The summed E-state index contributed by atoms with van der Waals surface area (Å²) in [6.07, 6.45) is 6.05. The average Bonchev–Trinajstić information content (AvgIpc) is 2.71. The van der Waals surface area contributed by atoms with Crippen molar-refractivity contribution < 1.29 is 19.2 Å². The maximum Gasteiger partial charge on any atom is 0.362 e. The zero-order valence-electron chi connectivity index (χ0n) is 8.91. The van der Waals surface area contributed by atoms with Gasteiger partial charge in [0.05, 0.1) is 13.2 Å². The van der Waals surface area contributed by atoms with E-state index in [-0.39, 0.29) is 12.1 Å². The molecule has 1 aliphatic heterocycles. The number of quaternary nitrogens is 1. The number of rotatable bonds is 3. The average molecular weight is 212 g/mol. The predicted molar refractivity (Wildman–Crippen MR) is 54.6 cm³/mol. The topological polar surface area (TPSA) is 40.0 Å². The highest BCUT2D eigenvalue weighted by molar-refractivity contribution is 5.70. The third-order valence-corrected chi connectivity index (χ3v) is 2.85. The van der Waals surface area contributed by atoms with Crippen molar-refractivity contribution >= 4 is 5.97 Å². The van der Waals surface area contributed by atoms with Crippen LogP contribution in [0.15, 0.2) is 12.2 Å². The van der Waals surface area contributed by atoms with Crippen molar-refractivity contribution in [2.24, 2.45) is 0 Å². The lowest BCUT2D eigenvalue weighted by Gasteiger charge is -2.23. The summed E-state index contributed by atoms with van der Waals surface area (Å²) < 4.78 is 10.6. The summed E-state index contributed by atoms with van der Waals surface area (Å²) in [7, 11) is 0. The Bertz CT molecular complexity index is 246. The van der Waals surface area contributed by atoms with Gasteiger partial charge in [-0.15, -0.1) is 0 Å². The molecule has 2 aliphatic rings. The molecule has 0 aromatic rings. The standard InChI is InChI=1S/C11H17NO3/c13-11(15-10-3-1-2-4-10)9-12-5-7-14-8-6-12/h1,3,10H,2,4-9H2/p+1. The maximum absolute atomic E-state index is 11.5. The van der Waals surface area contributed by atoms with Crippen molar-refractivity contribution in [3.63, 3.8) is 0 Å². The molecule has 1 N–H and O–H groups in total. The van der Waals surface area contributed by atoms with E-state index in [2.05, 4.69) is 6.08 Å². The molecule has 4 nitrogen and oxygen atoms in total. The van der Waals surface area contributed by atoms with Crippen LogP contribution in [0.1, 0.15) is 12.8 Å². The van der Waals surface area contributed by atoms with Gasteiger partial charge in [-0.3, -0.25) is 0 Å². The van der Waals surface area contributed by atoms with Crippen LogP contribution >= 0.6 is 0 Å². The minimum absolute atomic E-state index is 0.0259. The molecule has 0 aromatic carbocycles. The van der Waals surface area contributed by atoms with Gasteiger partial charge in [0.15, 0.2) is 6.54 Å². The Morgan fingerprint density at radius 2 is 2.27 bits per heavy atom. The lowest BCUT2D eigenvalue weighted by atomic mass is 10.3.